The van der Waals surface area contributed by atoms with E-state index in [9.17, 15) is 27.5 Å². The summed E-state index contributed by atoms with van der Waals surface area (Å²) in [4.78, 5) is 20.2. The highest BCUT2D eigenvalue weighted by Gasteiger charge is 2.51. The third-order valence-electron chi connectivity index (χ3n) is 7.94. The Morgan fingerprint density at radius 2 is 1.73 bits per heavy atom. The average Bonchev–Trinajstić information content (AvgIpc) is 3.74. The average molecular weight is 619 g/mol. The Bertz CT molecular complexity index is 2000. The second-order valence-corrected chi connectivity index (χ2v) is 11.0. The van der Waals surface area contributed by atoms with E-state index in [0.717, 1.165) is 12.1 Å². The van der Waals surface area contributed by atoms with E-state index in [0.29, 0.717) is 11.3 Å². The van der Waals surface area contributed by atoms with Gasteiger partial charge in [0, 0.05) is 35.6 Å². The monoisotopic (exact) mass is 618 g/mol. The molecule has 0 unspecified atom stereocenters. The van der Waals surface area contributed by atoms with E-state index >= 15 is 4.39 Å². The zero-order chi connectivity index (χ0) is 31.9. The van der Waals surface area contributed by atoms with Crippen LogP contribution in [0.4, 0.5) is 22.0 Å². The smallest absolute Gasteiger partial charge is 0.335 e. The molecule has 1 fully saturated rings. The first kappa shape index (κ1) is 29.7. The highest BCUT2D eigenvalue weighted by molar-refractivity contribution is 5.92. The lowest BCUT2D eigenvalue weighted by Gasteiger charge is -2.18. The summed E-state index contributed by atoms with van der Waals surface area (Å²) in [6.45, 7) is -0.370. The number of carboxylic acid groups (broad SMARTS) is 1. The fourth-order valence-electron chi connectivity index (χ4n) is 5.15. The van der Waals surface area contributed by atoms with Gasteiger partial charge in [0.1, 0.15) is 29.6 Å². The molecule has 6 rings (SSSR count). The topological polar surface area (TPSA) is 101 Å². The fourth-order valence-corrected chi connectivity index (χ4v) is 5.15. The van der Waals surface area contributed by atoms with Gasteiger partial charge in [0.05, 0.1) is 28.4 Å². The van der Waals surface area contributed by atoms with Gasteiger partial charge < -0.3 is 14.4 Å². The maximum Gasteiger partial charge on any atom is 0.335 e. The van der Waals surface area contributed by atoms with Crippen molar-refractivity contribution in [3.63, 3.8) is 0 Å². The van der Waals surface area contributed by atoms with E-state index in [1.54, 1.807) is 24.3 Å². The maximum atomic E-state index is 15.5. The van der Waals surface area contributed by atoms with Crippen molar-refractivity contribution in [2.75, 3.05) is 0 Å². The van der Waals surface area contributed by atoms with Crippen molar-refractivity contribution in [3.05, 3.63) is 112 Å². The molecule has 1 aliphatic rings. The van der Waals surface area contributed by atoms with Crippen LogP contribution in [-0.2, 0) is 19.6 Å². The number of fused-ring (bicyclic) bond motifs is 1. The van der Waals surface area contributed by atoms with Crippen molar-refractivity contribution in [1.29, 1.82) is 5.26 Å². The number of alkyl halides is 2. The van der Waals surface area contributed by atoms with E-state index in [2.05, 4.69) is 9.97 Å². The van der Waals surface area contributed by atoms with E-state index in [-0.39, 0.29) is 77.4 Å². The number of hydrogen-bond donors (Lipinski definition) is 1. The Kier molecular flexibility index (Phi) is 7.70. The van der Waals surface area contributed by atoms with Gasteiger partial charge in [-0.3, -0.25) is 0 Å². The van der Waals surface area contributed by atoms with Crippen molar-refractivity contribution >= 4 is 17.0 Å². The quantitative estimate of drug-likeness (QED) is 0.165. The van der Waals surface area contributed by atoms with Gasteiger partial charge in [0.2, 0.25) is 12.3 Å². The molecule has 228 valence electrons. The van der Waals surface area contributed by atoms with E-state index in [1.807, 2.05) is 6.07 Å². The number of nitrogens with zero attached hydrogens (tertiary/aromatic N) is 4. The van der Waals surface area contributed by atoms with Crippen LogP contribution in [-0.4, -0.2) is 32.0 Å². The lowest BCUT2D eigenvalue weighted by Crippen LogP contribution is -2.21. The predicted molar refractivity (Wildman–Crippen MR) is 152 cm³/mol. The maximum absolute atomic E-state index is 15.5. The van der Waals surface area contributed by atoms with Crippen LogP contribution < -0.4 is 4.74 Å². The third kappa shape index (κ3) is 5.93. The van der Waals surface area contributed by atoms with Gasteiger partial charge in [-0.2, -0.15) is 5.26 Å². The molecule has 0 amide bonds. The van der Waals surface area contributed by atoms with Gasteiger partial charge >= 0.3 is 5.97 Å². The number of nitriles is 1. The SMILES string of the molecule is N#Cc1ccc(COc2cccc(-c3ccc(Cc4nc5c(F)cc(C(=O)O)cc5n4CC4(C(F)F)CC4)c(F)c3)n2)c(F)c1. The molecule has 2 heterocycles. The number of rotatable bonds is 10. The Morgan fingerprint density at radius 1 is 0.978 bits per heavy atom. The Morgan fingerprint density at radius 3 is 2.40 bits per heavy atom. The number of carboxylic acids is 1. The largest absolute Gasteiger partial charge is 0.478 e. The second kappa shape index (κ2) is 11.6. The standard InChI is InChI=1S/C33H23F5N4O3/c34-23-10-18(15-39)4-5-21(23)16-45-29-3-1-2-26(40-29)20-7-6-19(24(35)11-20)14-28-41-30-25(36)12-22(31(43)44)13-27(30)42(28)17-33(8-9-33)32(37)38/h1-7,10-13,32H,8-9,14,16-17H2,(H,43,44). The lowest BCUT2D eigenvalue weighted by molar-refractivity contribution is 0.0514. The fraction of sp³-hybridized carbons (Fsp3) is 0.212. The molecule has 0 spiro atoms. The van der Waals surface area contributed by atoms with Gasteiger partial charge in [0.25, 0.3) is 0 Å². The summed E-state index contributed by atoms with van der Waals surface area (Å²) in [5, 5.41) is 18.3. The van der Waals surface area contributed by atoms with E-state index in [4.69, 9.17) is 10.00 Å². The molecule has 7 nitrogen and oxygen atoms in total. The number of imidazole rings is 1. The molecule has 1 saturated carbocycles. The number of pyridine rings is 1. The molecular weight excluding hydrogens is 595 g/mol. The van der Waals surface area contributed by atoms with Crippen molar-refractivity contribution < 1.29 is 36.6 Å². The van der Waals surface area contributed by atoms with Gasteiger partial charge in [-0.25, -0.2) is 36.7 Å². The van der Waals surface area contributed by atoms with Crippen molar-refractivity contribution in [3.8, 4) is 23.2 Å². The lowest BCUT2D eigenvalue weighted by atomic mass is 10.0. The molecule has 1 aliphatic carbocycles. The molecule has 0 bridgehead atoms. The van der Waals surface area contributed by atoms with Crippen LogP contribution >= 0.6 is 0 Å². The molecule has 45 heavy (non-hydrogen) atoms. The molecule has 0 radical (unpaired) electrons. The van der Waals surface area contributed by atoms with Gasteiger partial charge in [-0.15, -0.1) is 0 Å². The molecule has 5 aromatic rings. The summed E-state index contributed by atoms with van der Waals surface area (Å²) < 4.78 is 79.4. The van der Waals surface area contributed by atoms with Crippen LogP contribution in [0.1, 0.15) is 45.7 Å². The summed E-state index contributed by atoms with van der Waals surface area (Å²) in [6.07, 6.45) is -2.34. The Balaban J connectivity index is 1.27. The highest BCUT2D eigenvalue weighted by atomic mass is 19.3. The molecule has 1 N–H and O–H groups in total. The first-order chi connectivity index (χ1) is 21.6. The number of aromatic carboxylic acids is 1. The summed E-state index contributed by atoms with van der Waals surface area (Å²) in [5.41, 5.74) is -0.516. The molecular formula is C33H23F5N4O3. The summed E-state index contributed by atoms with van der Waals surface area (Å²) in [5.74, 6) is -3.27. The number of aromatic nitrogens is 3. The number of ether oxygens (including phenoxy) is 1. The van der Waals surface area contributed by atoms with Crippen molar-refractivity contribution in [1.82, 2.24) is 14.5 Å². The minimum Gasteiger partial charge on any atom is -0.478 e. The first-order valence-electron chi connectivity index (χ1n) is 13.8. The Labute approximate surface area is 253 Å². The van der Waals surface area contributed by atoms with Crippen molar-refractivity contribution in [2.45, 2.75) is 38.8 Å². The van der Waals surface area contributed by atoms with Gasteiger partial charge in [-0.1, -0.05) is 24.3 Å². The minimum atomic E-state index is -2.65. The van der Waals surface area contributed by atoms with Crippen LogP contribution in [0.25, 0.3) is 22.3 Å². The predicted octanol–water partition coefficient (Wildman–Crippen LogP) is 7.30. The zero-order valence-electron chi connectivity index (χ0n) is 23.4. The molecule has 0 saturated heterocycles. The van der Waals surface area contributed by atoms with Crippen LogP contribution in [0, 0.1) is 34.2 Å². The molecule has 3 aromatic carbocycles. The first-order valence-corrected chi connectivity index (χ1v) is 13.8. The van der Waals surface area contributed by atoms with E-state index in [1.165, 1.54) is 34.9 Å². The van der Waals surface area contributed by atoms with Gasteiger partial charge in [-0.05, 0) is 54.8 Å². The van der Waals surface area contributed by atoms with Crippen molar-refractivity contribution in [2.24, 2.45) is 5.41 Å². The van der Waals surface area contributed by atoms with Gasteiger partial charge in [0.15, 0.2) is 5.82 Å². The van der Waals surface area contributed by atoms with Crippen LogP contribution in [0.3, 0.4) is 0 Å². The number of hydrogen-bond acceptors (Lipinski definition) is 5. The van der Waals surface area contributed by atoms with Crippen LogP contribution in [0.5, 0.6) is 5.88 Å². The van der Waals surface area contributed by atoms with E-state index < -0.39 is 35.3 Å². The summed E-state index contributed by atoms with van der Waals surface area (Å²) in [6, 6.07) is 17.0. The molecule has 0 atom stereocenters. The normalized spacial score (nSPS) is 13.6. The molecule has 12 heteroatoms. The number of benzene rings is 3. The second-order valence-electron chi connectivity index (χ2n) is 11.0. The number of carbonyl (C=O) groups is 1. The molecule has 0 aliphatic heterocycles. The summed E-state index contributed by atoms with van der Waals surface area (Å²) in [7, 11) is 0. The van der Waals surface area contributed by atoms with Crippen LogP contribution in [0.15, 0.2) is 66.7 Å². The van der Waals surface area contributed by atoms with Crippen LogP contribution in [0.2, 0.25) is 0 Å². The molecule has 2 aromatic heterocycles. The Hall–Kier alpha value is -5.31. The minimum absolute atomic E-state index is 0.0493. The number of halogens is 5. The summed E-state index contributed by atoms with van der Waals surface area (Å²) >= 11 is 0. The zero-order valence-corrected chi connectivity index (χ0v) is 23.4. The third-order valence-corrected chi connectivity index (χ3v) is 7.94. The highest BCUT2D eigenvalue weighted by Crippen LogP contribution is 2.52.